The summed E-state index contributed by atoms with van der Waals surface area (Å²) in [6.45, 7) is 6.67. The number of hydrogen-bond acceptors (Lipinski definition) is 5. The van der Waals surface area contributed by atoms with Crippen LogP contribution in [0.2, 0.25) is 0 Å². The summed E-state index contributed by atoms with van der Waals surface area (Å²) in [7, 11) is 1.88. The summed E-state index contributed by atoms with van der Waals surface area (Å²) in [6.07, 6.45) is 4.54. The second kappa shape index (κ2) is 7.91. The maximum absolute atomic E-state index is 12.9. The molecule has 25 heavy (non-hydrogen) atoms. The Hall–Kier alpha value is -1.34. The average Bonchev–Trinajstić information content (AvgIpc) is 2.76. The number of nitrogens with zero attached hydrogens (tertiary/aromatic N) is 3. The molecule has 0 saturated carbocycles. The van der Waals surface area contributed by atoms with Crippen LogP contribution >= 0.6 is 0 Å². The molecular weight excluding hydrogens is 322 g/mol. The summed E-state index contributed by atoms with van der Waals surface area (Å²) in [5.74, 6) is 0.138. The van der Waals surface area contributed by atoms with Crippen molar-refractivity contribution in [3.63, 3.8) is 0 Å². The van der Waals surface area contributed by atoms with Gasteiger partial charge in [-0.1, -0.05) is 0 Å². The lowest BCUT2D eigenvalue weighted by Crippen LogP contribution is -2.62. The average molecular weight is 353 g/mol. The summed E-state index contributed by atoms with van der Waals surface area (Å²) in [5, 5.41) is 0. The lowest BCUT2D eigenvalue weighted by atomic mass is 9.92. The standard InChI is InChI=1S/C18H31N3O4/c1-3-24-17(23)20-10-6-15(7-11-20)21-12-13-25-18(14-21)8-4-5-9-19(2)16(18)22/h15H,3-14H2,1-2H3. The highest BCUT2D eigenvalue weighted by molar-refractivity contribution is 5.85. The van der Waals surface area contributed by atoms with E-state index in [4.69, 9.17) is 9.47 Å². The van der Waals surface area contributed by atoms with Gasteiger partial charge in [0.2, 0.25) is 0 Å². The number of likely N-dealkylation sites (tertiary alicyclic amines) is 2. The first kappa shape index (κ1) is 18.5. The summed E-state index contributed by atoms with van der Waals surface area (Å²) in [5.41, 5.74) is -0.665. The molecule has 7 nitrogen and oxygen atoms in total. The Morgan fingerprint density at radius 1 is 1.24 bits per heavy atom. The van der Waals surface area contributed by atoms with E-state index < -0.39 is 5.60 Å². The lowest BCUT2D eigenvalue weighted by molar-refractivity contribution is -0.172. The van der Waals surface area contributed by atoms with Crippen LogP contribution in [0.4, 0.5) is 4.79 Å². The van der Waals surface area contributed by atoms with Crippen LogP contribution in [0, 0.1) is 0 Å². The maximum Gasteiger partial charge on any atom is 0.409 e. The van der Waals surface area contributed by atoms with Crippen molar-refractivity contribution in [1.29, 1.82) is 0 Å². The van der Waals surface area contributed by atoms with Crippen molar-refractivity contribution in [2.24, 2.45) is 0 Å². The summed E-state index contributed by atoms with van der Waals surface area (Å²) in [4.78, 5) is 30.8. The number of likely N-dealkylation sites (N-methyl/N-ethyl adjacent to an activating group) is 1. The Morgan fingerprint density at radius 2 is 2.00 bits per heavy atom. The summed E-state index contributed by atoms with van der Waals surface area (Å²) < 4.78 is 11.2. The van der Waals surface area contributed by atoms with E-state index in [1.165, 1.54) is 0 Å². The summed E-state index contributed by atoms with van der Waals surface area (Å²) in [6, 6.07) is 0.410. The number of rotatable bonds is 2. The SMILES string of the molecule is CCOC(=O)N1CCC(N2CCOC3(CCCCN(C)C3=O)C2)CC1. The number of morpholine rings is 1. The van der Waals surface area contributed by atoms with E-state index in [2.05, 4.69) is 4.90 Å². The van der Waals surface area contributed by atoms with E-state index in [9.17, 15) is 9.59 Å². The quantitative estimate of drug-likeness (QED) is 0.749. The molecule has 1 spiro atoms. The van der Waals surface area contributed by atoms with Crippen molar-refractivity contribution >= 4 is 12.0 Å². The van der Waals surface area contributed by atoms with Crippen LogP contribution in [0.3, 0.4) is 0 Å². The Bertz CT molecular complexity index is 493. The number of hydrogen-bond donors (Lipinski definition) is 0. The largest absolute Gasteiger partial charge is 0.450 e. The van der Waals surface area contributed by atoms with Gasteiger partial charge in [0.1, 0.15) is 0 Å². The Labute approximate surface area is 150 Å². The van der Waals surface area contributed by atoms with Crippen LogP contribution in [0.25, 0.3) is 0 Å². The zero-order chi connectivity index (χ0) is 17.9. The number of amides is 2. The number of carbonyl (C=O) groups is 2. The zero-order valence-corrected chi connectivity index (χ0v) is 15.5. The minimum absolute atomic E-state index is 0.138. The molecule has 142 valence electrons. The molecule has 0 N–H and O–H groups in total. The highest BCUT2D eigenvalue weighted by atomic mass is 16.6. The van der Waals surface area contributed by atoms with E-state index in [0.29, 0.717) is 25.8 Å². The topological polar surface area (TPSA) is 62.3 Å². The van der Waals surface area contributed by atoms with Gasteiger partial charge in [-0.15, -0.1) is 0 Å². The van der Waals surface area contributed by atoms with Crippen molar-refractivity contribution in [1.82, 2.24) is 14.7 Å². The van der Waals surface area contributed by atoms with E-state index in [1.807, 2.05) is 18.9 Å². The number of carbonyl (C=O) groups excluding carboxylic acids is 2. The van der Waals surface area contributed by atoms with Gasteiger partial charge in [0.25, 0.3) is 5.91 Å². The van der Waals surface area contributed by atoms with Crippen LogP contribution in [0.15, 0.2) is 0 Å². The van der Waals surface area contributed by atoms with Gasteiger partial charge < -0.3 is 19.3 Å². The molecule has 1 unspecified atom stereocenters. The van der Waals surface area contributed by atoms with Crippen molar-refractivity contribution < 1.29 is 19.1 Å². The first-order valence-corrected chi connectivity index (χ1v) is 9.61. The molecule has 2 amide bonds. The molecule has 3 aliphatic heterocycles. The molecule has 3 fully saturated rings. The normalized spacial score (nSPS) is 29.8. The van der Waals surface area contributed by atoms with Gasteiger partial charge in [0.15, 0.2) is 5.60 Å². The van der Waals surface area contributed by atoms with Crippen LogP contribution in [-0.4, -0.2) is 91.3 Å². The second-order valence-corrected chi connectivity index (χ2v) is 7.41. The van der Waals surface area contributed by atoms with Crippen molar-refractivity contribution in [3.8, 4) is 0 Å². The van der Waals surface area contributed by atoms with Gasteiger partial charge in [-0.3, -0.25) is 9.69 Å². The van der Waals surface area contributed by atoms with Crippen molar-refractivity contribution in [2.45, 2.75) is 50.7 Å². The van der Waals surface area contributed by atoms with Gasteiger partial charge in [-0.25, -0.2) is 4.79 Å². The molecule has 3 aliphatic rings. The lowest BCUT2D eigenvalue weighted by Gasteiger charge is -2.46. The van der Waals surface area contributed by atoms with Gasteiger partial charge in [0, 0.05) is 45.8 Å². The van der Waals surface area contributed by atoms with Crippen molar-refractivity contribution in [2.75, 3.05) is 53.0 Å². The molecule has 0 aromatic heterocycles. The van der Waals surface area contributed by atoms with Crippen LogP contribution in [0.1, 0.15) is 39.0 Å². The van der Waals surface area contributed by atoms with E-state index >= 15 is 0 Å². The molecule has 3 heterocycles. The Morgan fingerprint density at radius 3 is 2.72 bits per heavy atom. The first-order chi connectivity index (χ1) is 12.1. The predicted octanol–water partition coefficient (Wildman–Crippen LogP) is 1.32. The van der Waals surface area contributed by atoms with E-state index in [-0.39, 0.29) is 12.0 Å². The molecule has 1 atom stereocenters. The smallest absolute Gasteiger partial charge is 0.409 e. The van der Waals surface area contributed by atoms with Gasteiger partial charge in [-0.2, -0.15) is 0 Å². The Balaban J connectivity index is 1.60. The van der Waals surface area contributed by atoms with E-state index in [1.54, 1.807) is 4.90 Å². The highest BCUT2D eigenvalue weighted by Gasteiger charge is 2.47. The Kier molecular flexibility index (Phi) is 5.84. The fourth-order valence-electron chi connectivity index (χ4n) is 4.35. The molecule has 0 aliphatic carbocycles. The third-order valence-corrected chi connectivity index (χ3v) is 5.78. The maximum atomic E-state index is 12.9. The fourth-order valence-corrected chi connectivity index (χ4v) is 4.35. The minimum Gasteiger partial charge on any atom is -0.450 e. The molecule has 3 rings (SSSR count). The monoisotopic (exact) mass is 353 g/mol. The van der Waals surface area contributed by atoms with Gasteiger partial charge in [-0.05, 0) is 39.0 Å². The number of piperidine rings is 1. The second-order valence-electron chi connectivity index (χ2n) is 7.41. The molecular formula is C18H31N3O4. The first-order valence-electron chi connectivity index (χ1n) is 9.61. The highest BCUT2D eigenvalue weighted by Crippen LogP contribution is 2.31. The predicted molar refractivity (Wildman–Crippen MR) is 93.4 cm³/mol. The molecule has 0 bridgehead atoms. The summed E-state index contributed by atoms with van der Waals surface area (Å²) >= 11 is 0. The van der Waals surface area contributed by atoms with E-state index in [0.717, 1.165) is 58.3 Å². The molecule has 0 aromatic carbocycles. The number of ether oxygens (including phenoxy) is 2. The van der Waals surface area contributed by atoms with Crippen LogP contribution < -0.4 is 0 Å². The minimum atomic E-state index is -0.665. The molecule has 3 saturated heterocycles. The zero-order valence-electron chi connectivity index (χ0n) is 15.5. The van der Waals surface area contributed by atoms with Gasteiger partial charge >= 0.3 is 6.09 Å². The van der Waals surface area contributed by atoms with Crippen LogP contribution in [0.5, 0.6) is 0 Å². The molecule has 0 aromatic rings. The van der Waals surface area contributed by atoms with Gasteiger partial charge in [0.05, 0.1) is 13.2 Å². The molecule has 0 radical (unpaired) electrons. The van der Waals surface area contributed by atoms with Crippen molar-refractivity contribution in [3.05, 3.63) is 0 Å². The van der Waals surface area contributed by atoms with Crippen LogP contribution in [-0.2, 0) is 14.3 Å². The third-order valence-electron chi connectivity index (χ3n) is 5.78. The molecule has 7 heteroatoms. The fraction of sp³-hybridized carbons (Fsp3) is 0.889. The third kappa shape index (κ3) is 3.92.